The van der Waals surface area contributed by atoms with Gasteiger partial charge in [0.2, 0.25) is 5.91 Å². The van der Waals surface area contributed by atoms with Gasteiger partial charge in [0.15, 0.2) is 0 Å². The fourth-order valence-electron chi connectivity index (χ4n) is 4.30. The van der Waals surface area contributed by atoms with Gasteiger partial charge in [-0.2, -0.15) is 0 Å². The Labute approximate surface area is 242 Å². The maximum atomic E-state index is 11.9. The van der Waals surface area contributed by atoms with E-state index in [0.29, 0.717) is 59.2 Å². The lowest BCUT2D eigenvalue weighted by Gasteiger charge is -2.07. The van der Waals surface area contributed by atoms with Gasteiger partial charge in [-0.1, -0.05) is 90.4 Å². The predicted octanol–water partition coefficient (Wildman–Crippen LogP) is 7.33. The van der Waals surface area contributed by atoms with Gasteiger partial charge in [0, 0.05) is 39.0 Å². The third-order valence-electron chi connectivity index (χ3n) is 6.76. The van der Waals surface area contributed by atoms with E-state index in [1.807, 2.05) is 0 Å². The normalized spacial score (nSPS) is 10.9. The third kappa shape index (κ3) is 34.8. The number of ether oxygens (including phenoxy) is 3. The number of rotatable bonds is 31. The molecule has 0 aliphatic rings. The molecular weight excluding hydrogens is 488 g/mol. The second-order valence-electron chi connectivity index (χ2n) is 10.6. The maximum Gasteiger partial charge on any atom is 0.219 e. The molecule has 0 saturated heterocycles. The van der Waals surface area contributed by atoms with Gasteiger partial charge in [0.05, 0.1) is 26.4 Å². The molecule has 230 valence electrons. The Bertz CT molecular complexity index is 548. The van der Waals surface area contributed by atoms with Crippen LogP contribution in [0, 0.1) is 11.8 Å². The molecule has 0 atom stereocenters. The van der Waals surface area contributed by atoms with Crippen molar-refractivity contribution < 1.29 is 19.0 Å². The smallest absolute Gasteiger partial charge is 0.219 e. The number of hydrogen-bond donors (Lipinski definition) is 2. The summed E-state index contributed by atoms with van der Waals surface area (Å²) in [4.78, 5) is 11.9. The Kier molecular flexibility index (Phi) is 33.9. The molecule has 0 aliphatic carbocycles. The molecule has 0 rings (SSSR count). The zero-order valence-corrected chi connectivity index (χ0v) is 25.7. The summed E-state index contributed by atoms with van der Waals surface area (Å²) in [5, 5.41) is 2.99. The first-order valence-electron chi connectivity index (χ1n) is 16.5. The van der Waals surface area contributed by atoms with Crippen LogP contribution >= 0.6 is 0 Å². The lowest BCUT2D eigenvalue weighted by molar-refractivity contribution is -0.121. The molecule has 0 fully saturated rings. The second kappa shape index (κ2) is 34.9. The number of carbonyl (C=O) groups excluding carboxylic acids is 1. The van der Waals surface area contributed by atoms with E-state index in [-0.39, 0.29) is 5.91 Å². The first-order valence-corrected chi connectivity index (χ1v) is 16.5. The molecule has 3 N–H and O–H groups in total. The minimum absolute atomic E-state index is 0.158. The number of nitrogens with two attached hydrogens (primary N) is 1. The first kappa shape index (κ1) is 37.9. The summed E-state index contributed by atoms with van der Waals surface area (Å²) < 4.78 is 16.3. The largest absolute Gasteiger partial charge is 0.379 e. The zero-order valence-electron chi connectivity index (χ0n) is 25.7. The van der Waals surface area contributed by atoms with Gasteiger partial charge in [-0.25, -0.2) is 0 Å². The Hall–Kier alpha value is -1.13. The molecular formula is C33H64N2O4. The summed E-state index contributed by atoms with van der Waals surface area (Å²) in [6.07, 6.45) is 25.4. The standard InChI is InChI=1S/C33H64N2O4/c1-2-3-4-5-6-7-8-9-10-11-12-13-14-15-16-17-18-19-20-21-24-33(36)35-26-23-28-38-30-32-39-31-29-37-27-22-25-34/h2-12,15-32,34H2,1H3,(H,35,36). The maximum absolute atomic E-state index is 11.9. The van der Waals surface area contributed by atoms with Gasteiger partial charge in [0.1, 0.15) is 0 Å². The van der Waals surface area contributed by atoms with Crippen LogP contribution in [0.25, 0.3) is 0 Å². The molecule has 0 radical (unpaired) electrons. The van der Waals surface area contributed by atoms with Crippen LogP contribution in [0.1, 0.15) is 142 Å². The van der Waals surface area contributed by atoms with Gasteiger partial charge in [-0.3, -0.25) is 4.79 Å². The van der Waals surface area contributed by atoms with Gasteiger partial charge in [-0.15, -0.1) is 11.8 Å². The molecule has 0 aliphatic heterocycles. The summed E-state index contributed by atoms with van der Waals surface area (Å²) in [7, 11) is 0. The molecule has 0 aromatic heterocycles. The second-order valence-corrected chi connectivity index (χ2v) is 10.6. The van der Waals surface area contributed by atoms with Crippen LogP contribution in [0.4, 0.5) is 0 Å². The van der Waals surface area contributed by atoms with Crippen molar-refractivity contribution in [1.29, 1.82) is 0 Å². The highest BCUT2D eigenvalue weighted by molar-refractivity contribution is 5.75. The summed E-state index contributed by atoms with van der Waals surface area (Å²) in [5.74, 6) is 6.88. The number of amides is 1. The van der Waals surface area contributed by atoms with Crippen molar-refractivity contribution >= 4 is 5.91 Å². The van der Waals surface area contributed by atoms with Crippen LogP contribution in [0.5, 0.6) is 0 Å². The van der Waals surface area contributed by atoms with Crippen molar-refractivity contribution in [3.63, 3.8) is 0 Å². The van der Waals surface area contributed by atoms with Crippen molar-refractivity contribution in [3.05, 3.63) is 0 Å². The summed E-state index contributed by atoms with van der Waals surface area (Å²) >= 11 is 0. The highest BCUT2D eigenvalue weighted by Gasteiger charge is 2.01. The van der Waals surface area contributed by atoms with Crippen LogP contribution in [0.2, 0.25) is 0 Å². The Morgan fingerprint density at radius 2 is 1.00 bits per heavy atom. The number of hydrogen-bond acceptors (Lipinski definition) is 5. The predicted molar refractivity (Wildman–Crippen MR) is 165 cm³/mol. The van der Waals surface area contributed by atoms with E-state index in [0.717, 1.165) is 38.5 Å². The molecule has 0 aromatic carbocycles. The third-order valence-corrected chi connectivity index (χ3v) is 6.76. The number of carbonyl (C=O) groups is 1. The Balaban J connectivity index is 3.21. The van der Waals surface area contributed by atoms with Gasteiger partial charge >= 0.3 is 0 Å². The fraction of sp³-hybridized carbons (Fsp3) is 0.909. The number of nitrogens with one attached hydrogen (secondary N) is 1. The van der Waals surface area contributed by atoms with E-state index < -0.39 is 0 Å². The van der Waals surface area contributed by atoms with E-state index in [9.17, 15) is 4.79 Å². The molecule has 0 saturated carbocycles. The minimum atomic E-state index is 0.158. The molecule has 0 heterocycles. The summed E-state index contributed by atoms with van der Waals surface area (Å²) in [6, 6.07) is 0. The molecule has 0 aromatic rings. The van der Waals surface area contributed by atoms with E-state index in [4.69, 9.17) is 19.9 Å². The van der Waals surface area contributed by atoms with Crippen LogP contribution in [0.3, 0.4) is 0 Å². The van der Waals surface area contributed by atoms with Crippen LogP contribution in [0.15, 0.2) is 0 Å². The topological polar surface area (TPSA) is 82.8 Å². The average molecular weight is 553 g/mol. The molecule has 0 bridgehead atoms. The lowest BCUT2D eigenvalue weighted by Crippen LogP contribution is -2.25. The number of unbranched alkanes of at least 4 members (excludes halogenated alkanes) is 16. The molecule has 39 heavy (non-hydrogen) atoms. The van der Waals surface area contributed by atoms with E-state index in [1.165, 1.54) is 89.9 Å². The highest BCUT2D eigenvalue weighted by atomic mass is 16.5. The van der Waals surface area contributed by atoms with E-state index in [2.05, 4.69) is 24.1 Å². The van der Waals surface area contributed by atoms with Gasteiger partial charge < -0.3 is 25.3 Å². The molecule has 6 nitrogen and oxygen atoms in total. The van der Waals surface area contributed by atoms with Crippen molar-refractivity contribution in [3.8, 4) is 11.8 Å². The van der Waals surface area contributed by atoms with Crippen LogP contribution in [-0.4, -0.2) is 58.6 Å². The quantitative estimate of drug-likeness (QED) is 0.0695. The van der Waals surface area contributed by atoms with Crippen LogP contribution < -0.4 is 11.1 Å². The van der Waals surface area contributed by atoms with Crippen LogP contribution in [-0.2, 0) is 19.0 Å². The zero-order chi connectivity index (χ0) is 28.3. The molecule has 0 spiro atoms. The summed E-state index contributed by atoms with van der Waals surface area (Å²) in [5.41, 5.74) is 5.40. The van der Waals surface area contributed by atoms with Crippen molar-refractivity contribution in [2.45, 2.75) is 142 Å². The van der Waals surface area contributed by atoms with E-state index >= 15 is 0 Å². The van der Waals surface area contributed by atoms with Crippen molar-refractivity contribution in [2.24, 2.45) is 5.73 Å². The molecule has 0 unspecified atom stereocenters. The van der Waals surface area contributed by atoms with Gasteiger partial charge in [-0.05, 0) is 38.6 Å². The minimum Gasteiger partial charge on any atom is -0.379 e. The van der Waals surface area contributed by atoms with Gasteiger partial charge in [0.25, 0.3) is 0 Å². The monoisotopic (exact) mass is 552 g/mol. The van der Waals surface area contributed by atoms with Crippen molar-refractivity contribution in [2.75, 3.05) is 52.7 Å². The first-order chi connectivity index (χ1) is 19.3. The molecule has 1 amide bonds. The highest BCUT2D eigenvalue weighted by Crippen LogP contribution is 2.11. The Morgan fingerprint density at radius 3 is 1.51 bits per heavy atom. The van der Waals surface area contributed by atoms with Crippen molar-refractivity contribution in [1.82, 2.24) is 5.32 Å². The Morgan fingerprint density at radius 1 is 0.564 bits per heavy atom. The average Bonchev–Trinajstić information content (AvgIpc) is 2.94. The SMILES string of the molecule is CCCCCCCCCCCCC#CCCCCCCCCC(=O)NCCCOCCOCCOCCCN. The fourth-order valence-corrected chi connectivity index (χ4v) is 4.30. The summed E-state index contributed by atoms with van der Waals surface area (Å²) in [6.45, 7) is 7.27. The molecule has 6 heteroatoms. The van der Waals surface area contributed by atoms with E-state index in [1.54, 1.807) is 0 Å². The lowest BCUT2D eigenvalue weighted by atomic mass is 10.1.